The molecule has 3 N–H and O–H groups in total. The van der Waals surface area contributed by atoms with Crippen LogP contribution in [0.4, 0.5) is 8.78 Å². The SMILES string of the molecule is NCCc1cccc(C(=O)NCc2cc(F)ccc2F)c1. The number of halogens is 2. The Morgan fingerprint density at radius 1 is 1.14 bits per heavy atom. The fourth-order valence-electron chi connectivity index (χ4n) is 1.99. The van der Waals surface area contributed by atoms with Crippen molar-refractivity contribution in [1.29, 1.82) is 0 Å². The molecular weight excluding hydrogens is 274 g/mol. The van der Waals surface area contributed by atoms with Crippen molar-refractivity contribution in [1.82, 2.24) is 5.32 Å². The number of hydrogen-bond donors (Lipinski definition) is 2. The van der Waals surface area contributed by atoms with Crippen molar-refractivity contribution in [2.45, 2.75) is 13.0 Å². The Labute approximate surface area is 121 Å². The Morgan fingerprint density at radius 2 is 1.95 bits per heavy atom. The van der Waals surface area contributed by atoms with Gasteiger partial charge in [0.25, 0.3) is 5.91 Å². The first-order chi connectivity index (χ1) is 10.1. The van der Waals surface area contributed by atoms with E-state index in [0.29, 0.717) is 18.5 Å². The molecule has 0 atom stereocenters. The number of hydrogen-bond acceptors (Lipinski definition) is 2. The van der Waals surface area contributed by atoms with E-state index in [1.807, 2.05) is 6.07 Å². The van der Waals surface area contributed by atoms with Gasteiger partial charge in [-0.15, -0.1) is 0 Å². The van der Waals surface area contributed by atoms with Crippen LogP contribution in [0.25, 0.3) is 0 Å². The molecule has 0 aromatic heterocycles. The molecule has 0 fully saturated rings. The maximum absolute atomic E-state index is 13.5. The third-order valence-corrected chi connectivity index (χ3v) is 3.07. The topological polar surface area (TPSA) is 55.1 Å². The maximum Gasteiger partial charge on any atom is 0.251 e. The zero-order chi connectivity index (χ0) is 15.2. The normalized spacial score (nSPS) is 10.4. The Bertz CT molecular complexity index is 644. The van der Waals surface area contributed by atoms with E-state index in [-0.39, 0.29) is 18.0 Å². The maximum atomic E-state index is 13.5. The van der Waals surface area contributed by atoms with Crippen molar-refractivity contribution in [2.24, 2.45) is 5.73 Å². The predicted molar refractivity (Wildman–Crippen MR) is 76.7 cm³/mol. The lowest BCUT2D eigenvalue weighted by atomic mass is 10.1. The minimum Gasteiger partial charge on any atom is -0.348 e. The van der Waals surface area contributed by atoms with Crippen LogP contribution in [0.5, 0.6) is 0 Å². The van der Waals surface area contributed by atoms with Gasteiger partial charge in [0.15, 0.2) is 0 Å². The molecule has 0 aliphatic heterocycles. The highest BCUT2D eigenvalue weighted by Gasteiger charge is 2.08. The summed E-state index contributed by atoms with van der Waals surface area (Å²) in [5.41, 5.74) is 7.02. The Balaban J connectivity index is 2.04. The van der Waals surface area contributed by atoms with Gasteiger partial charge in [0, 0.05) is 17.7 Å². The fraction of sp³-hybridized carbons (Fsp3) is 0.188. The van der Waals surface area contributed by atoms with E-state index < -0.39 is 11.6 Å². The second-order valence-corrected chi connectivity index (χ2v) is 4.66. The molecule has 0 spiro atoms. The second kappa shape index (κ2) is 6.95. The van der Waals surface area contributed by atoms with Gasteiger partial charge in [-0.2, -0.15) is 0 Å². The highest BCUT2D eigenvalue weighted by molar-refractivity contribution is 5.94. The van der Waals surface area contributed by atoms with Crippen LogP contribution in [0.1, 0.15) is 21.5 Å². The Hall–Kier alpha value is -2.27. The molecule has 2 rings (SSSR count). The average molecular weight is 290 g/mol. The summed E-state index contributed by atoms with van der Waals surface area (Å²) >= 11 is 0. The molecule has 5 heteroatoms. The number of carbonyl (C=O) groups excluding carboxylic acids is 1. The van der Waals surface area contributed by atoms with E-state index in [1.54, 1.807) is 18.2 Å². The van der Waals surface area contributed by atoms with E-state index in [0.717, 1.165) is 23.8 Å². The molecule has 2 aromatic carbocycles. The smallest absolute Gasteiger partial charge is 0.251 e. The lowest BCUT2D eigenvalue weighted by Crippen LogP contribution is -2.23. The first-order valence-corrected chi connectivity index (χ1v) is 6.61. The zero-order valence-electron chi connectivity index (χ0n) is 11.4. The van der Waals surface area contributed by atoms with E-state index in [4.69, 9.17) is 5.73 Å². The highest BCUT2D eigenvalue weighted by atomic mass is 19.1. The van der Waals surface area contributed by atoms with E-state index in [9.17, 15) is 13.6 Å². The molecular formula is C16H16F2N2O. The van der Waals surface area contributed by atoms with Gasteiger partial charge in [-0.1, -0.05) is 12.1 Å². The quantitative estimate of drug-likeness (QED) is 0.888. The van der Waals surface area contributed by atoms with Gasteiger partial charge in [-0.05, 0) is 48.9 Å². The standard InChI is InChI=1S/C16H16F2N2O/c17-14-4-5-15(18)13(9-14)10-20-16(21)12-3-1-2-11(8-12)6-7-19/h1-5,8-9H,6-7,10,19H2,(H,20,21). The molecule has 2 aromatic rings. The third-order valence-electron chi connectivity index (χ3n) is 3.07. The van der Waals surface area contributed by atoms with Crippen molar-refractivity contribution < 1.29 is 13.6 Å². The van der Waals surface area contributed by atoms with Crippen molar-refractivity contribution in [3.05, 3.63) is 70.8 Å². The Morgan fingerprint density at radius 3 is 2.71 bits per heavy atom. The molecule has 3 nitrogen and oxygen atoms in total. The number of benzene rings is 2. The molecule has 0 saturated heterocycles. The van der Waals surface area contributed by atoms with Crippen LogP contribution in [0.15, 0.2) is 42.5 Å². The van der Waals surface area contributed by atoms with Gasteiger partial charge in [-0.3, -0.25) is 4.79 Å². The van der Waals surface area contributed by atoms with Gasteiger partial charge in [0.2, 0.25) is 0 Å². The predicted octanol–water partition coefficient (Wildman–Crippen LogP) is 2.40. The summed E-state index contributed by atoms with van der Waals surface area (Å²) in [5, 5.41) is 2.58. The van der Waals surface area contributed by atoms with Crippen molar-refractivity contribution in [3.63, 3.8) is 0 Å². The van der Waals surface area contributed by atoms with Crippen LogP contribution in [0.2, 0.25) is 0 Å². The van der Waals surface area contributed by atoms with Crippen molar-refractivity contribution in [2.75, 3.05) is 6.54 Å². The molecule has 0 unspecified atom stereocenters. The summed E-state index contributed by atoms with van der Waals surface area (Å²) in [6, 6.07) is 10.2. The minimum absolute atomic E-state index is 0.0659. The lowest BCUT2D eigenvalue weighted by Gasteiger charge is -2.08. The average Bonchev–Trinajstić information content (AvgIpc) is 2.48. The summed E-state index contributed by atoms with van der Waals surface area (Å²) in [6.07, 6.45) is 0.680. The first-order valence-electron chi connectivity index (χ1n) is 6.61. The second-order valence-electron chi connectivity index (χ2n) is 4.66. The third kappa shape index (κ3) is 4.10. The van der Waals surface area contributed by atoms with Crippen LogP contribution in [-0.2, 0) is 13.0 Å². The van der Waals surface area contributed by atoms with E-state index in [1.165, 1.54) is 0 Å². The number of nitrogens with two attached hydrogens (primary N) is 1. The Kier molecular flexibility index (Phi) is 5.00. The largest absolute Gasteiger partial charge is 0.348 e. The van der Waals surface area contributed by atoms with Crippen LogP contribution in [0, 0.1) is 11.6 Å². The lowest BCUT2D eigenvalue weighted by molar-refractivity contribution is 0.0950. The zero-order valence-corrected chi connectivity index (χ0v) is 11.4. The van der Waals surface area contributed by atoms with Crippen LogP contribution < -0.4 is 11.1 Å². The summed E-state index contributed by atoms with van der Waals surface area (Å²) in [4.78, 5) is 12.0. The van der Waals surface area contributed by atoms with Gasteiger partial charge in [0.1, 0.15) is 11.6 Å². The molecule has 0 bridgehead atoms. The highest BCUT2D eigenvalue weighted by Crippen LogP contribution is 2.10. The summed E-state index contributed by atoms with van der Waals surface area (Å²) in [6.45, 7) is 0.434. The van der Waals surface area contributed by atoms with Crippen molar-refractivity contribution >= 4 is 5.91 Å². The summed E-state index contributed by atoms with van der Waals surface area (Å²) in [5.74, 6) is -1.42. The summed E-state index contributed by atoms with van der Waals surface area (Å²) < 4.78 is 26.5. The minimum atomic E-state index is -0.548. The van der Waals surface area contributed by atoms with Gasteiger partial charge >= 0.3 is 0 Å². The van der Waals surface area contributed by atoms with Gasteiger partial charge < -0.3 is 11.1 Å². The van der Waals surface area contributed by atoms with Crippen LogP contribution in [0.3, 0.4) is 0 Å². The molecule has 110 valence electrons. The van der Waals surface area contributed by atoms with Crippen LogP contribution in [-0.4, -0.2) is 12.5 Å². The molecule has 1 amide bonds. The number of amides is 1. The fourth-order valence-corrected chi connectivity index (χ4v) is 1.99. The molecule has 21 heavy (non-hydrogen) atoms. The van der Waals surface area contributed by atoms with E-state index in [2.05, 4.69) is 5.32 Å². The molecule has 0 aliphatic rings. The molecule has 0 radical (unpaired) electrons. The molecule has 0 heterocycles. The number of rotatable bonds is 5. The monoisotopic (exact) mass is 290 g/mol. The first kappa shape index (κ1) is 15.1. The van der Waals surface area contributed by atoms with Crippen molar-refractivity contribution in [3.8, 4) is 0 Å². The molecule has 0 saturated carbocycles. The van der Waals surface area contributed by atoms with E-state index >= 15 is 0 Å². The summed E-state index contributed by atoms with van der Waals surface area (Å²) in [7, 11) is 0. The van der Waals surface area contributed by atoms with Gasteiger partial charge in [0.05, 0.1) is 0 Å². The van der Waals surface area contributed by atoms with Gasteiger partial charge in [-0.25, -0.2) is 8.78 Å². The molecule has 0 aliphatic carbocycles. The number of carbonyl (C=O) groups is 1. The number of nitrogens with one attached hydrogen (secondary N) is 1. The van der Waals surface area contributed by atoms with Crippen LogP contribution >= 0.6 is 0 Å².